The fourth-order valence-corrected chi connectivity index (χ4v) is 5.14. The molecule has 2 unspecified atom stereocenters. The van der Waals surface area contributed by atoms with Crippen LogP contribution in [0.1, 0.15) is 91.4 Å². The number of hydrogen-bond donors (Lipinski definition) is 0. The second-order valence-corrected chi connectivity index (χ2v) is 11.5. The van der Waals surface area contributed by atoms with Gasteiger partial charge in [0.25, 0.3) is 0 Å². The predicted octanol–water partition coefficient (Wildman–Crippen LogP) is 6.93. The van der Waals surface area contributed by atoms with Crippen molar-refractivity contribution >= 4 is 8.32 Å². The van der Waals surface area contributed by atoms with E-state index in [1.165, 1.54) is 76.7 Å². The van der Waals surface area contributed by atoms with Crippen molar-refractivity contribution in [2.24, 2.45) is 0 Å². The molecule has 122 valence electrons. The molecule has 0 amide bonds. The number of rotatable bonds is 14. The lowest BCUT2D eigenvalue weighted by Crippen LogP contribution is -2.36. The Balaban J connectivity index is 3.40. The van der Waals surface area contributed by atoms with Gasteiger partial charge in [-0.2, -0.15) is 0 Å². The van der Waals surface area contributed by atoms with E-state index in [4.69, 9.17) is 4.43 Å². The zero-order chi connectivity index (χ0) is 15.3. The molecule has 0 aromatic carbocycles. The van der Waals surface area contributed by atoms with Gasteiger partial charge in [0.15, 0.2) is 8.32 Å². The van der Waals surface area contributed by atoms with Gasteiger partial charge in [0.1, 0.15) is 0 Å². The van der Waals surface area contributed by atoms with E-state index >= 15 is 0 Å². The summed E-state index contributed by atoms with van der Waals surface area (Å²) in [6.07, 6.45) is 15.7. The van der Waals surface area contributed by atoms with Gasteiger partial charge in [-0.3, -0.25) is 0 Å². The second-order valence-electron chi connectivity index (χ2n) is 6.74. The lowest BCUT2D eigenvalue weighted by atomic mass is 10.1. The summed E-state index contributed by atoms with van der Waals surface area (Å²) in [5.41, 5.74) is 0.812. The van der Waals surface area contributed by atoms with Crippen LogP contribution in [0.5, 0.6) is 0 Å². The standard InChI is InChI=1S/C18H40OSi/c1-6-8-9-10-11-12-13-14-15-16-17-18(3)20(5,7-2)19-4/h18H,6-17H2,1-5H3. The van der Waals surface area contributed by atoms with Crippen molar-refractivity contribution in [3.8, 4) is 0 Å². The first-order valence-electron chi connectivity index (χ1n) is 9.15. The first-order valence-corrected chi connectivity index (χ1v) is 11.8. The molecule has 0 fully saturated rings. The van der Waals surface area contributed by atoms with Crippen LogP contribution in [-0.4, -0.2) is 15.4 Å². The van der Waals surface area contributed by atoms with Crippen molar-refractivity contribution in [2.75, 3.05) is 7.11 Å². The molecule has 0 saturated heterocycles. The van der Waals surface area contributed by atoms with Crippen LogP contribution in [0.25, 0.3) is 0 Å². The minimum Gasteiger partial charge on any atom is -0.420 e. The summed E-state index contributed by atoms with van der Waals surface area (Å²) < 4.78 is 5.83. The van der Waals surface area contributed by atoms with E-state index in [-0.39, 0.29) is 0 Å². The molecule has 0 heterocycles. The van der Waals surface area contributed by atoms with Gasteiger partial charge in [-0.15, -0.1) is 0 Å². The third-order valence-corrected chi connectivity index (χ3v) is 9.91. The summed E-state index contributed by atoms with van der Waals surface area (Å²) in [6.45, 7) is 9.39. The maximum absolute atomic E-state index is 5.83. The Kier molecular flexibility index (Phi) is 13.0. The Morgan fingerprint density at radius 1 is 0.800 bits per heavy atom. The molecule has 0 aliphatic carbocycles. The summed E-state index contributed by atoms with van der Waals surface area (Å²) in [4.78, 5) is 0. The molecule has 0 rings (SSSR count). The molecule has 1 nitrogen and oxygen atoms in total. The van der Waals surface area contributed by atoms with Crippen LogP contribution >= 0.6 is 0 Å². The second kappa shape index (κ2) is 12.9. The van der Waals surface area contributed by atoms with Crippen molar-refractivity contribution < 1.29 is 4.43 Å². The van der Waals surface area contributed by atoms with E-state index in [9.17, 15) is 0 Å². The van der Waals surface area contributed by atoms with Crippen LogP contribution in [0.15, 0.2) is 0 Å². The summed E-state index contributed by atoms with van der Waals surface area (Å²) >= 11 is 0. The average Bonchev–Trinajstić information content (AvgIpc) is 2.48. The molecule has 0 spiro atoms. The van der Waals surface area contributed by atoms with Crippen molar-refractivity contribution in [1.29, 1.82) is 0 Å². The Hall–Kier alpha value is 0.177. The van der Waals surface area contributed by atoms with Crippen molar-refractivity contribution in [3.63, 3.8) is 0 Å². The lowest BCUT2D eigenvalue weighted by Gasteiger charge is -2.30. The molecular weight excluding hydrogens is 260 g/mol. The smallest absolute Gasteiger partial charge is 0.191 e. The van der Waals surface area contributed by atoms with Gasteiger partial charge in [0, 0.05) is 7.11 Å². The summed E-state index contributed by atoms with van der Waals surface area (Å²) in [5, 5.41) is 0. The average molecular weight is 301 g/mol. The molecule has 0 aliphatic heterocycles. The molecule has 2 heteroatoms. The van der Waals surface area contributed by atoms with E-state index < -0.39 is 8.32 Å². The van der Waals surface area contributed by atoms with Gasteiger partial charge < -0.3 is 4.43 Å². The van der Waals surface area contributed by atoms with Gasteiger partial charge >= 0.3 is 0 Å². The van der Waals surface area contributed by atoms with E-state index in [2.05, 4.69) is 27.3 Å². The van der Waals surface area contributed by atoms with E-state index in [0.29, 0.717) is 0 Å². The Morgan fingerprint density at radius 2 is 1.25 bits per heavy atom. The van der Waals surface area contributed by atoms with Gasteiger partial charge in [-0.25, -0.2) is 0 Å². The maximum atomic E-state index is 5.83. The fraction of sp³-hybridized carbons (Fsp3) is 1.00. The third kappa shape index (κ3) is 9.18. The molecule has 2 atom stereocenters. The Morgan fingerprint density at radius 3 is 1.65 bits per heavy atom. The summed E-state index contributed by atoms with van der Waals surface area (Å²) in [5.74, 6) is 0. The van der Waals surface area contributed by atoms with Gasteiger partial charge in [0.2, 0.25) is 0 Å². The first-order chi connectivity index (χ1) is 9.60. The number of hydrogen-bond acceptors (Lipinski definition) is 1. The maximum Gasteiger partial charge on any atom is 0.191 e. The SMILES string of the molecule is CCCCCCCCCCCCC(C)[Si](C)(CC)OC. The minimum absolute atomic E-state index is 0.812. The van der Waals surface area contributed by atoms with Crippen molar-refractivity contribution in [2.45, 2.75) is 110 Å². The number of unbranched alkanes of at least 4 members (excludes halogenated alkanes) is 9. The predicted molar refractivity (Wildman–Crippen MR) is 95.0 cm³/mol. The largest absolute Gasteiger partial charge is 0.420 e. The monoisotopic (exact) mass is 300 g/mol. The highest BCUT2D eigenvalue weighted by molar-refractivity contribution is 6.73. The van der Waals surface area contributed by atoms with Crippen molar-refractivity contribution in [1.82, 2.24) is 0 Å². The van der Waals surface area contributed by atoms with E-state index in [0.717, 1.165) is 5.54 Å². The minimum atomic E-state index is -1.39. The van der Waals surface area contributed by atoms with E-state index in [1.54, 1.807) is 0 Å². The van der Waals surface area contributed by atoms with Gasteiger partial charge in [0.05, 0.1) is 0 Å². The molecule has 0 saturated carbocycles. The lowest BCUT2D eigenvalue weighted by molar-refractivity contribution is 0.380. The van der Waals surface area contributed by atoms with Crippen molar-refractivity contribution in [3.05, 3.63) is 0 Å². The Bertz CT molecular complexity index is 202. The quantitative estimate of drug-likeness (QED) is 0.250. The summed E-state index contributed by atoms with van der Waals surface area (Å²) in [7, 11) is 0.527. The van der Waals surface area contributed by atoms with Crippen LogP contribution in [0, 0.1) is 0 Å². The molecule has 0 N–H and O–H groups in total. The van der Waals surface area contributed by atoms with Crippen LogP contribution in [0.3, 0.4) is 0 Å². The van der Waals surface area contributed by atoms with Crippen LogP contribution in [0.2, 0.25) is 18.1 Å². The zero-order valence-corrected chi connectivity index (χ0v) is 16.0. The molecule has 0 aromatic rings. The first kappa shape index (κ1) is 20.2. The molecule has 0 radical (unpaired) electrons. The van der Waals surface area contributed by atoms with Crippen LogP contribution < -0.4 is 0 Å². The molecule has 0 aliphatic rings. The topological polar surface area (TPSA) is 9.23 Å². The molecule has 20 heavy (non-hydrogen) atoms. The highest BCUT2D eigenvalue weighted by Gasteiger charge is 2.31. The van der Waals surface area contributed by atoms with Gasteiger partial charge in [-0.1, -0.05) is 91.4 Å². The van der Waals surface area contributed by atoms with Crippen LogP contribution in [0.4, 0.5) is 0 Å². The van der Waals surface area contributed by atoms with E-state index in [1.807, 2.05) is 7.11 Å². The molecule has 0 aromatic heterocycles. The normalized spacial score (nSPS) is 16.1. The van der Waals surface area contributed by atoms with Gasteiger partial charge in [-0.05, 0) is 18.1 Å². The Labute approximate surface area is 130 Å². The molecular formula is C18H40OSi. The summed E-state index contributed by atoms with van der Waals surface area (Å²) in [6, 6.07) is 1.25. The highest BCUT2D eigenvalue weighted by Crippen LogP contribution is 2.30. The fourth-order valence-electron chi connectivity index (χ4n) is 2.94. The van der Waals surface area contributed by atoms with Crippen LogP contribution in [-0.2, 0) is 4.43 Å². The molecule has 0 bridgehead atoms. The zero-order valence-electron chi connectivity index (χ0n) is 15.0. The third-order valence-electron chi connectivity index (χ3n) is 5.20. The highest BCUT2D eigenvalue weighted by atomic mass is 28.4.